The largest absolute Gasteiger partial charge is 0.756 e. The molecule has 1 saturated heterocycles. The van der Waals surface area contributed by atoms with Gasteiger partial charge in [0.25, 0.3) is 5.92 Å². The summed E-state index contributed by atoms with van der Waals surface area (Å²) in [6, 6.07) is 3.24. The highest BCUT2D eigenvalue weighted by molar-refractivity contribution is 5.98. The Bertz CT molecular complexity index is 991. The summed E-state index contributed by atoms with van der Waals surface area (Å²) in [7, 11) is 0. The Labute approximate surface area is 195 Å². The minimum absolute atomic E-state index is 0.0667. The number of aromatic nitrogens is 3. The molecule has 2 aromatic rings. The molecule has 186 valence electrons. The second-order valence-electron chi connectivity index (χ2n) is 8.45. The molecule has 0 aliphatic carbocycles. The van der Waals surface area contributed by atoms with Crippen molar-refractivity contribution in [1.29, 1.82) is 0 Å². The third kappa shape index (κ3) is 6.13. The number of carbonyl (C=O) groups excluding carboxylic acids is 2. The van der Waals surface area contributed by atoms with E-state index in [2.05, 4.69) is 10.1 Å². The van der Waals surface area contributed by atoms with Gasteiger partial charge in [0.15, 0.2) is 11.9 Å². The van der Waals surface area contributed by atoms with E-state index in [-0.39, 0.29) is 48.8 Å². The van der Waals surface area contributed by atoms with Gasteiger partial charge < -0.3 is 21.1 Å². The van der Waals surface area contributed by atoms with Gasteiger partial charge in [-0.1, -0.05) is 19.8 Å². The molecule has 12 heteroatoms. The van der Waals surface area contributed by atoms with Gasteiger partial charge in [-0.2, -0.15) is 5.10 Å². The number of hydrogen-bond acceptors (Lipinski definition) is 7. The summed E-state index contributed by atoms with van der Waals surface area (Å²) in [5, 5.41) is 27.5. The molecule has 3 rings (SSSR count). The van der Waals surface area contributed by atoms with Crippen LogP contribution in [-0.4, -0.2) is 72.8 Å². The minimum Gasteiger partial charge on any atom is -0.756 e. The van der Waals surface area contributed by atoms with E-state index >= 15 is 0 Å². The number of nitrogens with two attached hydrogens (primary N) is 1. The van der Waals surface area contributed by atoms with Gasteiger partial charge in [-0.3, -0.25) is 14.5 Å². The summed E-state index contributed by atoms with van der Waals surface area (Å²) >= 11 is 0. The molecule has 2 amide bonds. The lowest BCUT2D eigenvalue weighted by Gasteiger charge is -2.39. The fourth-order valence-corrected chi connectivity index (χ4v) is 3.85. The first kappa shape index (κ1) is 25.7. The lowest BCUT2D eigenvalue weighted by Crippen LogP contribution is -2.49. The maximum atomic E-state index is 13.4. The number of primary amides is 1. The number of halogens is 2. The summed E-state index contributed by atoms with van der Waals surface area (Å²) in [5.41, 5.74) is 5.69. The molecule has 10 nitrogen and oxygen atoms in total. The Morgan fingerprint density at radius 3 is 2.68 bits per heavy atom. The minimum atomic E-state index is -2.64. The molecule has 2 atom stereocenters. The lowest BCUT2D eigenvalue weighted by molar-refractivity contribution is -0.128. The van der Waals surface area contributed by atoms with Gasteiger partial charge in [-0.25, -0.2) is 18.4 Å². The number of hydroxylamine groups is 2. The molecule has 34 heavy (non-hydrogen) atoms. The van der Waals surface area contributed by atoms with Gasteiger partial charge in [0, 0.05) is 44.9 Å². The Hall–Kier alpha value is -2.96. The van der Waals surface area contributed by atoms with Gasteiger partial charge in [0.05, 0.1) is 17.3 Å². The zero-order valence-corrected chi connectivity index (χ0v) is 18.9. The fraction of sp³-hybridized carbons (Fsp3) is 0.545. The topological polar surface area (TPSA) is 141 Å². The van der Waals surface area contributed by atoms with E-state index in [1.807, 2.05) is 11.8 Å². The first-order valence-corrected chi connectivity index (χ1v) is 11.2. The zero-order valence-electron chi connectivity index (χ0n) is 18.9. The standard InChI is InChI=1S/C22H29F2N6O4/c1-2-3-6-17(18(31)19(25)32)30(34)21(33)16-5-4-10-26-20(16)29-11-7-15(27-29)14-28-12-8-22(23,24)9-13-28/h4-5,7,10-11,17-18,31H,2-3,6,8-9,12-14H2,1H3,(H2,25,32)/q-1. The molecule has 0 radical (unpaired) electrons. The Morgan fingerprint density at radius 1 is 1.32 bits per heavy atom. The van der Waals surface area contributed by atoms with Gasteiger partial charge in [-0.05, 0) is 24.6 Å². The molecule has 1 aliphatic heterocycles. The van der Waals surface area contributed by atoms with Crippen molar-refractivity contribution in [1.82, 2.24) is 24.7 Å². The number of likely N-dealkylation sites (tertiary alicyclic amines) is 1. The predicted octanol–water partition coefficient (Wildman–Crippen LogP) is 1.84. The number of rotatable bonds is 10. The number of aliphatic hydroxyl groups is 1. The van der Waals surface area contributed by atoms with Crippen LogP contribution in [0.15, 0.2) is 30.6 Å². The van der Waals surface area contributed by atoms with Crippen LogP contribution >= 0.6 is 0 Å². The molecule has 1 fully saturated rings. The number of unbranched alkanes of at least 4 members (excludes halogenated alkanes) is 1. The van der Waals surface area contributed by atoms with E-state index in [1.165, 1.54) is 23.0 Å². The number of pyridine rings is 1. The Kier molecular flexibility index (Phi) is 8.28. The van der Waals surface area contributed by atoms with Crippen LogP contribution < -0.4 is 5.73 Å². The van der Waals surface area contributed by atoms with E-state index in [4.69, 9.17) is 5.73 Å². The van der Waals surface area contributed by atoms with Crippen LogP contribution in [0.5, 0.6) is 0 Å². The second kappa shape index (κ2) is 11.0. The number of alkyl halides is 2. The predicted molar refractivity (Wildman–Crippen MR) is 119 cm³/mol. The van der Waals surface area contributed by atoms with Crippen LogP contribution in [0, 0.1) is 5.21 Å². The molecule has 3 heterocycles. The normalized spacial score (nSPS) is 17.8. The third-order valence-corrected chi connectivity index (χ3v) is 5.86. The monoisotopic (exact) mass is 479 g/mol. The molecule has 0 saturated carbocycles. The SMILES string of the molecule is CCCCC(C(O)C(N)=O)N([O-])C(=O)c1cccnc1-n1ccc(CN2CCC(F)(F)CC2)n1. The van der Waals surface area contributed by atoms with Crippen LogP contribution in [0.3, 0.4) is 0 Å². The van der Waals surface area contributed by atoms with Gasteiger partial charge in [0.2, 0.25) is 11.8 Å². The van der Waals surface area contributed by atoms with E-state index in [1.54, 1.807) is 12.3 Å². The molecular formula is C22H29F2N6O4-. The van der Waals surface area contributed by atoms with Crippen molar-refractivity contribution in [2.45, 2.75) is 63.6 Å². The van der Waals surface area contributed by atoms with E-state index in [0.717, 1.165) is 0 Å². The molecule has 0 spiro atoms. The first-order chi connectivity index (χ1) is 16.1. The number of piperidine rings is 1. The van der Waals surface area contributed by atoms with E-state index in [0.29, 0.717) is 25.1 Å². The fourth-order valence-electron chi connectivity index (χ4n) is 3.85. The number of aliphatic hydroxyl groups excluding tert-OH is 1. The number of carbonyl (C=O) groups is 2. The molecule has 2 unspecified atom stereocenters. The molecule has 1 aliphatic rings. The lowest BCUT2D eigenvalue weighted by atomic mass is 10.0. The maximum absolute atomic E-state index is 13.4. The highest BCUT2D eigenvalue weighted by atomic mass is 19.3. The molecule has 2 aromatic heterocycles. The summed E-state index contributed by atoms with van der Waals surface area (Å²) in [4.78, 5) is 30.6. The molecular weight excluding hydrogens is 450 g/mol. The van der Waals surface area contributed by atoms with Crippen LogP contribution in [-0.2, 0) is 11.3 Å². The quantitative estimate of drug-likeness (QED) is 0.496. The van der Waals surface area contributed by atoms with Crippen molar-refractivity contribution in [3.8, 4) is 5.82 Å². The van der Waals surface area contributed by atoms with Gasteiger partial charge in [-0.15, -0.1) is 0 Å². The first-order valence-electron chi connectivity index (χ1n) is 11.2. The third-order valence-electron chi connectivity index (χ3n) is 5.86. The van der Waals surface area contributed by atoms with E-state index in [9.17, 15) is 28.7 Å². The second-order valence-corrected chi connectivity index (χ2v) is 8.45. The highest BCUT2D eigenvalue weighted by Gasteiger charge is 2.34. The summed E-state index contributed by atoms with van der Waals surface area (Å²) in [5.74, 6) is -4.62. The Balaban J connectivity index is 1.79. The maximum Gasteiger partial charge on any atom is 0.250 e. The van der Waals surface area contributed by atoms with Crippen molar-refractivity contribution < 1.29 is 23.5 Å². The zero-order chi connectivity index (χ0) is 24.9. The van der Waals surface area contributed by atoms with Gasteiger partial charge in [0.1, 0.15) is 0 Å². The molecule has 0 aromatic carbocycles. The van der Waals surface area contributed by atoms with Crippen molar-refractivity contribution >= 4 is 11.8 Å². The highest BCUT2D eigenvalue weighted by Crippen LogP contribution is 2.28. The van der Waals surface area contributed by atoms with E-state index < -0.39 is 29.9 Å². The molecule has 0 bridgehead atoms. The Morgan fingerprint density at radius 2 is 2.03 bits per heavy atom. The number of nitrogens with zero attached hydrogens (tertiary/aromatic N) is 5. The number of amides is 2. The molecule has 3 N–H and O–H groups in total. The summed E-state index contributed by atoms with van der Waals surface area (Å²) in [6.07, 6.45) is 2.08. The van der Waals surface area contributed by atoms with Crippen molar-refractivity contribution in [3.63, 3.8) is 0 Å². The van der Waals surface area contributed by atoms with Crippen molar-refractivity contribution in [2.75, 3.05) is 13.1 Å². The van der Waals surface area contributed by atoms with Crippen LogP contribution in [0.4, 0.5) is 8.78 Å². The smallest absolute Gasteiger partial charge is 0.250 e. The average molecular weight is 480 g/mol. The van der Waals surface area contributed by atoms with Crippen LogP contribution in [0.2, 0.25) is 0 Å². The van der Waals surface area contributed by atoms with Gasteiger partial charge >= 0.3 is 0 Å². The number of hydrogen-bond donors (Lipinski definition) is 2. The summed E-state index contributed by atoms with van der Waals surface area (Å²) in [6.45, 7) is 2.73. The van der Waals surface area contributed by atoms with Crippen LogP contribution in [0.1, 0.15) is 55.1 Å². The van der Waals surface area contributed by atoms with Crippen molar-refractivity contribution in [2.24, 2.45) is 5.73 Å². The average Bonchev–Trinajstić information content (AvgIpc) is 3.28. The summed E-state index contributed by atoms with van der Waals surface area (Å²) < 4.78 is 28.1. The van der Waals surface area contributed by atoms with Crippen LogP contribution in [0.25, 0.3) is 5.82 Å². The van der Waals surface area contributed by atoms with Crippen molar-refractivity contribution in [3.05, 3.63) is 47.1 Å².